The van der Waals surface area contributed by atoms with Crippen molar-refractivity contribution >= 4 is 41.8 Å². The van der Waals surface area contributed by atoms with E-state index in [1.54, 1.807) is 7.05 Å². The van der Waals surface area contributed by atoms with Gasteiger partial charge in [-0.3, -0.25) is 19.5 Å². The zero-order valence-corrected chi connectivity index (χ0v) is 21.1. The number of fused-ring (bicyclic) bond motifs is 5. The summed E-state index contributed by atoms with van der Waals surface area (Å²) in [6, 6.07) is 8.54. The van der Waals surface area contributed by atoms with Crippen LogP contribution in [0.25, 0.3) is 0 Å². The smallest absolute Gasteiger partial charge is 0.233 e. The number of hydrogen-bond donors (Lipinski definition) is 2. The monoisotopic (exact) mass is 536 g/mol. The first-order valence-electron chi connectivity index (χ1n) is 10.9. The first-order valence-corrected chi connectivity index (χ1v) is 10.9. The van der Waals surface area contributed by atoms with E-state index in [2.05, 4.69) is 72.8 Å². The number of likely N-dealkylation sites (tertiary alicyclic amines) is 1. The van der Waals surface area contributed by atoms with Crippen LogP contribution >= 0.6 is 24.0 Å². The highest BCUT2D eigenvalue weighted by atomic mass is 127. The quantitative estimate of drug-likeness (QED) is 0.193. The van der Waals surface area contributed by atoms with Crippen LogP contribution in [-0.2, 0) is 15.0 Å². The summed E-state index contributed by atoms with van der Waals surface area (Å²) in [6.07, 6.45) is 5.22. The van der Waals surface area contributed by atoms with E-state index >= 15 is 0 Å². The minimum absolute atomic E-state index is 0. The summed E-state index contributed by atoms with van der Waals surface area (Å²) in [6.45, 7) is 8.09. The number of imide groups is 1. The van der Waals surface area contributed by atoms with E-state index in [4.69, 9.17) is 0 Å². The largest absolute Gasteiger partial charge is 0.356 e. The highest BCUT2D eigenvalue weighted by Crippen LogP contribution is 2.52. The van der Waals surface area contributed by atoms with E-state index in [0.29, 0.717) is 19.0 Å². The third kappa shape index (κ3) is 4.52. The Balaban J connectivity index is 0.00000272. The lowest BCUT2D eigenvalue weighted by molar-refractivity contribution is -0.140. The molecule has 7 heteroatoms. The number of amides is 2. The van der Waals surface area contributed by atoms with Gasteiger partial charge in [0.2, 0.25) is 11.8 Å². The second kappa shape index (κ2) is 9.30. The fourth-order valence-corrected chi connectivity index (χ4v) is 5.16. The lowest BCUT2D eigenvalue weighted by Crippen LogP contribution is -2.46. The molecule has 0 radical (unpaired) electrons. The molecule has 2 aliphatic carbocycles. The van der Waals surface area contributed by atoms with Crippen LogP contribution in [0.5, 0.6) is 0 Å². The summed E-state index contributed by atoms with van der Waals surface area (Å²) in [7, 11) is 1.73. The summed E-state index contributed by atoms with van der Waals surface area (Å²) in [5.74, 6) is 0.955. The Morgan fingerprint density at radius 1 is 1.13 bits per heavy atom. The van der Waals surface area contributed by atoms with Crippen LogP contribution in [0.4, 0.5) is 0 Å². The van der Waals surface area contributed by atoms with Gasteiger partial charge in [-0.25, -0.2) is 0 Å². The minimum Gasteiger partial charge on any atom is -0.356 e. The maximum absolute atomic E-state index is 12.8. The Hall–Kier alpha value is -1.90. The maximum Gasteiger partial charge on any atom is 0.233 e. The number of rotatable bonds is 6. The van der Waals surface area contributed by atoms with E-state index in [-0.39, 0.29) is 64.9 Å². The fourth-order valence-electron chi connectivity index (χ4n) is 5.16. The summed E-state index contributed by atoms with van der Waals surface area (Å²) in [4.78, 5) is 31.3. The standard InChI is InChI=1S/C24H32N4O2.HI/c1-15-6-5-7-18(12-15)24(2,3)14-27-23(25-4)26-10-11-28-21(29)19-16-8-9-17(13-16)20(19)22(28)30;/h5-9,12,16-17,19-20H,10-11,13-14H2,1-4H3,(H2,25,26,27);1H. The van der Waals surface area contributed by atoms with Crippen molar-refractivity contribution in [1.29, 1.82) is 0 Å². The molecule has 4 atom stereocenters. The van der Waals surface area contributed by atoms with Gasteiger partial charge in [0.25, 0.3) is 0 Å². The summed E-state index contributed by atoms with van der Waals surface area (Å²) >= 11 is 0. The van der Waals surface area contributed by atoms with Crippen molar-refractivity contribution in [3.8, 4) is 0 Å². The molecule has 2 fully saturated rings. The van der Waals surface area contributed by atoms with Crippen LogP contribution in [-0.4, -0.2) is 49.4 Å². The minimum atomic E-state index is -0.125. The number of hydrogen-bond acceptors (Lipinski definition) is 3. The van der Waals surface area contributed by atoms with Crippen molar-refractivity contribution in [1.82, 2.24) is 15.5 Å². The fraction of sp³-hybridized carbons (Fsp3) is 0.542. The van der Waals surface area contributed by atoms with Crippen LogP contribution in [0.15, 0.2) is 41.4 Å². The van der Waals surface area contributed by atoms with E-state index in [1.807, 2.05) is 0 Å². The first kappa shape index (κ1) is 23.8. The van der Waals surface area contributed by atoms with Gasteiger partial charge in [-0.2, -0.15) is 0 Å². The average molecular weight is 536 g/mol. The number of aliphatic imine (C=N–C) groups is 1. The number of aryl methyl sites for hydroxylation is 1. The number of carbonyl (C=O) groups excluding carboxylic acids is 2. The lowest BCUT2D eigenvalue weighted by atomic mass is 9.84. The van der Waals surface area contributed by atoms with Crippen LogP contribution < -0.4 is 10.6 Å². The Bertz CT molecular complexity index is 881. The highest BCUT2D eigenvalue weighted by molar-refractivity contribution is 14.0. The SMILES string of the molecule is CN=C(NCCN1C(=O)C2C3C=CC(C3)C2C1=O)NCC(C)(C)c1cccc(C)c1.I. The number of benzene rings is 1. The normalized spacial score (nSPS) is 26.8. The van der Waals surface area contributed by atoms with Gasteiger partial charge in [-0.15, -0.1) is 24.0 Å². The Kier molecular flexibility index (Phi) is 7.13. The van der Waals surface area contributed by atoms with E-state index in [9.17, 15) is 9.59 Å². The molecule has 2 bridgehead atoms. The van der Waals surface area contributed by atoms with Crippen LogP contribution in [0.2, 0.25) is 0 Å². The topological polar surface area (TPSA) is 73.8 Å². The van der Waals surface area contributed by atoms with Gasteiger partial charge in [0.1, 0.15) is 0 Å². The van der Waals surface area contributed by atoms with E-state index < -0.39 is 0 Å². The first-order chi connectivity index (χ1) is 14.3. The number of carbonyl (C=O) groups is 2. The Morgan fingerprint density at radius 2 is 1.77 bits per heavy atom. The molecule has 4 unspecified atom stereocenters. The summed E-state index contributed by atoms with van der Waals surface area (Å²) in [5.41, 5.74) is 2.46. The lowest BCUT2D eigenvalue weighted by Gasteiger charge is -2.27. The zero-order chi connectivity index (χ0) is 21.5. The number of halogens is 1. The molecule has 4 rings (SSSR count). The van der Waals surface area contributed by atoms with Crippen molar-refractivity contribution in [2.45, 2.75) is 32.6 Å². The summed E-state index contributed by atoms with van der Waals surface area (Å²) < 4.78 is 0. The van der Waals surface area contributed by atoms with Gasteiger partial charge in [0.05, 0.1) is 11.8 Å². The molecule has 3 aliphatic rings. The Labute approximate surface area is 202 Å². The predicted molar refractivity (Wildman–Crippen MR) is 133 cm³/mol. The molecule has 1 saturated carbocycles. The number of guanidine groups is 1. The molecule has 0 spiro atoms. The van der Waals surface area contributed by atoms with Crippen molar-refractivity contribution < 1.29 is 9.59 Å². The van der Waals surface area contributed by atoms with E-state index in [1.165, 1.54) is 16.0 Å². The van der Waals surface area contributed by atoms with Gasteiger partial charge in [0, 0.05) is 32.1 Å². The molecule has 2 amide bonds. The van der Waals surface area contributed by atoms with Gasteiger partial charge in [-0.1, -0.05) is 55.8 Å². The van der Waals surface area contributed by atoms with Gasteiger partial charge in [0.15, 0.2) is 5.96 Å². The van der Waals surface area contributed by atoms with E-state index in [0.717, 1.165) is 13.0 Å². The number of nitrogens with one attached hydrogen (secondary N) is 2. The second-order valence-corrected chi connectivity index (χ2v) is 9.43. The molecule has 31 heavy (non-hydrogen) atoms. The number of nitrogens with zero attached hydrogens (tertiary/aromatic N) is 2. The van der Waals surface area contributed by atoms with Crippen molar-refractivity contribution in [2.24, 2.45) is 28.7 Å². The maximum atomic E-state index is 12.8. The Morgan fingerprint density at radius 3 is 2.35 bits per heavy atom. The molecule has 0 aromatic heterocycles. The van der Waals surface area contributed by atoms with Gasteiger partial charge in [-0.05, 0) is 30.7 Å². The molecule has 1 aromatic carbocycles. The highest BCUT2D eigenvalue weighted by Gasteiger charge is 2.58. The molecule has 1 aromatic rings. The van der Waals surface area contributed by atoms with Crippen molar-refractivity contribution in [3.63, 3.8) is 0 Å². The van der Waals surface area contributed by atoms with Crippen molar-refractivity contribution in [2.75, 3.05) is 26.7 Å². The third-order valence-electron chi connectivity index (χ3n) is 6.91. The van der Waals surface area contributed by atoms with Gasteiger partial charge >= 0.3 is 0 Å². The third-order valence-corrected chi connectivity index (χ3v) is 6.91. The molecule has 1 aliphatic heterocycles. The van der Waals surface area contributed by atoms with Gasteiger partial charge < -0.3 is 10.6 Å². The average Bonchev–Trinajstić information content (AvgIpc) is 3.40. The molecule has 1 saturated heterocycles. The predicted octanol–water partition coefficient (Wildman–Crippen LogP) is 2.86. The number of allylic oxidation sites excluding steroid dienone is 2. The van der Waals surface area contributed by atoms with Crippen LogP contribution in [0, 0.1) is 30.6 Å². The van der Waals surface area contributed by atoms with Crippen molar-refractivity contribution in [3.05, 3.63) is 47.5 Å². The zero-order valence-electron chi connectivity index (χ0n) is 18.7. The van der Waals surface area contributed by atoms with Crippen LogP contribution in [0.3, 0.4) is 0 Å². The molecular formula is C24H33IN4O2. The molecule has 1 heterocycles. The van der Waals surface area contributed by atoms with Crippen LogP contribution in [0.1, 0.15) is 31.4 Å². The molecular weight excluding hydrogens is 503 g/mol. The molecule has 6 nitrogen and oxygen atoms in total. The molecule has 2 N–H and O–H groups in total. The molecule has 168 valence electrons. The summed E-state index contributed by atoms with van der Waals surface area (Å²) in [5, 5.41) is 6.63. The second-order valence-electron chi connectivity index (χ2n) is 9.43.